The van der Waals surface area contributed by atoms with E-state index < -0.39 is 191 Å². The van der Waals surface area contributed by atoms with Gasteiger partial charge in [-0.25, -0.2) is 4.79 Å². The van der Waals surface area contributed by atoms with E-state index in [1.165, 1.54) is 32.6 Å². The molecule has 0 aliphatic carbocycles. The zero-order chi connectivity index (χ0) is 79.4. The summed E-state index contributed by atoms with van der Waals surface area (Å²) in [5, 5.41) is 41.1. The highest BCUT2D eigenvalue weighted by Crippen LogP contribution is 2.22. The van der Waals surface area contributed by atoms with Crippen LogP contribution in [0.1, 0.15) is 180 Å². The van der Waals surface area contributed by atoms with E-state index in [4.69, 9.17) is 40.1 Å². The van der Waals surface area contributed by atoms with E-state index in [1.807, 2.05) is 0 Å². The van der Waals surface area contributed by atoms with Crippen LogP contribution in [0.3, 0.4) is 0 Å². The molecule has 104 heavy (non-hydrogen) atoms. The zero-order valence-corrected chi connectivity index (χ0v) is 63.2. The fourth-order valence-corrected chi connectivity index (χ4v) is 10.9. The van der Waals surface area contributed by atoms with Crippen molar-refractivity contribution in [2.75, 3.05) is 32.7 Å². The van der Waals surface area contributed by atoms with Gasteiger partial charge in [0, 0.05) is 19.6 Å². The molecule has 0 aromatic heterocycles. The third-order valence-electron chi connectivity index (χ3n) is 17.2. The SMILES string of the molecule is CC(C)C[C@H](NC(=O)[C@@H](NC(=O)[C@H](C)NC(=O)[C@@H]1CCCN1C(=O)[C@@H](NC(=O)[C@@H](NC(=O)[C@H](C)NC(=O)[C@@H](NC(=O)[C@H](C)NC(=O)[C@H](C)NC(=O)[C@H](CCCCN)NC(=O)[C@H](CCCCN)NC(=O)[C@H](CCCN=C(N)N)NC(=O)[C@@H](N)CCCN=C(N)N)C(C)C)C(C)C)C(C)C)C(C)C)C(=O)O. The van der Waals surface area contributed by atoms with E-state index in [0.717, 1.165) is 0 Å². The van der Waals surface area contributed by atoms with Gasteiger partial charge in [0.2, 0.25) is 76.8 Å². The standard InChI is InChI=1S/C67H124N22O15/c1-33(2)32-46(65(103)104)84-62(100)49(35(5)6)86-54(92)40(13)79-60(98)47-26-21-31-89(47)64(102)51(37(9)10)88-63(101)50(36(7)8)87-55(93)41(14)80-61(99)48(34(3)4)85-53(91)39(12)77-52(90)38(11)78-57(95)43(23-15-17-27-68)82-58(96)44(24-16-18-28-69)83-59(97)45(25-20-30-76-67(73)74)81-56(94)42(70)22-19-29-75-66(71)72/h33-51H,15-32,68-70H2,1-14H3,(H,77,90)(H,78,95)(H,79,98)(H,80,99)(H,81,94)(H,82,96)(H,83,97)(H,84,100)(H,85,91)(H,86,92)(H,87,93)(H,88,101)(H,103,104)(H4,71,72,75)(H4,73,74,76)/t38-,39-,40-,41-,42-,43-,44-,45-,46-,47-,48-,49-,50-,51-/m0/s1. The highest BCUT2D eigenvalue weighted by Gasteiger charge is 2.42. The number of carboxylic acid groups (broad SMARTS) is 1. The first-order chi connectivity index (χ1) is 48.6. The number of carbonyl (C=O) groups excluding carboxylic acids is 13. The van der Waals surface area contributed by atoms with Gasteiger partial charge in [0.05, 0.1) is 6.04 Å². The number of aliphatic carboxylic acids is 1. The fraction of sp³-hybridized carbons (Fsp3) is 0.761. The molecule has 0 saturated carbocycles. The van der Waals surface area contributed by atoms with Crippen LogP contribution in [0.2, 0.25) is 0 Å². The number of hydrogen-bond donors (Lipinski definition) is 20. The molecule has 0 aromatic carbocycles. The van der Waals surface area contributed by atoms with E-state index >= 15 is 0 Å². The van der Waals surface area contributed by atoms with Crippen LogP contribution in [-0.4, -0.2) is 222 Å². The Morgan fingerprint density at radius 3 is 1.12 bits per heavy atom. The van der Waals surface area contributed by atoms with Crippen molar-refractivity contribution >= 4 is 94.7 Å². The molecular weight excluding hydrogens is 1350 g/mol. The van der Waals surface area contributed by atoms with Crippen molar-refractivity contribution < 1.29 is 72.2 Å². The molecule has 1 saturated heterocycles. The second-order valence-corrected chi connectivity index (χ2v) is 28.3. The van der Waals surface area contributed by atoms with Gasteiger partial charge in [0.1, 0.15) is 78.5 Å². The van der Waals surface area contributed by atoms with Crippen molar-refractivity contribution in [3.05, 3.63) is 0 Å². The summed E-state index contributed by atoms with van der Waals surface area (Å²) < 4.78 is 0. The number of nitrogens with two attached hydrogens (primary N) is 7. The normalized spacial score (nSPS) is 16.6. The van der Waals surface area contributed by atoms with Gasteiger partial charge in [-0.05, 0) is 154 Å². The van der Waals surface area contributed by atoms with Crippen LogP contribution in [-0.2, 0) is 67.1 Å². The van der Waals surface area contributed by atoms with Crippen molar-refractivity contribution in [3.63, 3.8) is 0 Å². The number of likely N-dealkylation sites (tertiary alicyclic amines) is 1. The number of guanidine groups is 2. The molecular formula is C67H124N22O15. The Bertz CT molecular complexity index is 2920. The Hall–Kier alpha value is -9.00. The average molecular weight is 1480 g/mol. The van der Waals surface area contributed by atoms with Crippen LogP contribution >= 0.6 is 0 Å². The van der Waals surface area contributed by atoms with E-state index in [-0.39, 0.29) is 95.5 Å². The number of unbranched alkanes of at least 4 members (excludes halogenated alkanes) is 2. The lowest BCUT2D eigenvalue weighted by atomic mass is 9.98. The lowest BCUT2D eigenvalue weighted by molar-refractivity contribution is -0.144. The maximum Gasteiger partial charge on any atom is 0.326 e. The molecule has 1 fully saturated rings. The molecule has 1 heterocycles. The Morgan fingerprint density at radius 2 is 0.721 bits per heavy atom. The fourth-order valence-electron chi connectivity index (χ4n) is 10.9. The molecule has 37 heteroatoms. The average Bonchev–Trinajstić information content (AvgIpc) is 1.03. The zero-order valence-electron chi connectivity index (χ0n) is 63.2. The molecule has 0 radical (unpaired) electrons. The first kappa shape index (κ1) is 93.0. The van der Waals surface area contributed by atoms with Crippen molar-refractivity contribution in [2.24, 2.45) is 79.7 Å². The van der Waals surface area contributed by atoms with Crippen molar-refractivity contribution in [2.45, 2.75) is 265 Å². The monoisotopic (exact) mass is 1480 g/mol. The summed E-state index contributed by atoms with van der Waals surface area (Å²) >= 11 is 0. The van der Waals surface area contributed by atoms with Gasteiger partial charge in [0.15, 0.2) is 11.9 Å². The third kappa shape index (κ3) is 33.6. The van der Waals surface area contributed by atoms with Crippen LogP contribution < -0.4 is 104 Å². The van der Waals surface area contributed by atoms with Gasteiger partial charge in [-0.15, -0.1) is 0 Å². The number of carboxylic acids is 1. The predicted octanol–water partition coefficient (Wildman–Crippen LogP) is -4.68. The van der Waals surface area contributed by atoms with Crippen LogP contribution in [0.5, 0.6) is 0 Å². The minimum Gasteiger partial charge on any atom is -0.480 e. The highest BCUT2D eigenvalue weighted by molar-refractivity contribution is 6.00. The first-order valence-electron chi connectivity index (χ1n) is 36.0. The molecule has 0 spiro atoms. The van der Waals surface area contributed by atoms with Gasteiger partial charge >= 0.3 is 5.97 Å². The highest BCUT2D eigenvalue weighted by atomic mass is 16.4. The van der Waals surface area contributed by atoms with Gasteiger partial charge in [-0.1, -0.05) is 69.2 Å². The van der Waals surface area contributed by atoms with Gasteiger partial charge in [-0.3, -0.25) is 72.3 Å². The Morgan fingerprint density at radius 1 is 0.394 bits per heavy atom. The Kier molecular flexibility index (Phi) is 42.4. The quantitative estimate of drug-likeness (QED) is 0.0155. The van der Waals surface area contributed by atoms with E-state index in [2.05, 4.69) is 73.8 Å². The molecule has 0 aromatic rings. The molecule has 0 unspecified atom stereocenters. The van der Waals surface area contributed by atoms with E-state index in [9.17, 15) is 72.2 Å². The molecule has 1 aliphatic heterocycles. The van der Waals surface area contributed by atoms with Crippen LogP contribution in [0.15, 0.2) is 9.98 Å². The Labute approximate surface area is 610 Å². The number of aliphatic imine (C=N–C) groups is 2. The summed E-state index contributed by atoms with van der Waals surface area (Å²) in [7, 11) is 0. The topological polar surface area (TPSA) is 614 Å². The summed E-state index contributed by atoms with van der Waals surface area (Å²) in [6, 6.07) is -17.0. The van der Waals surface area contributed by atoms with Crippen molar-refractivity contribution in [3.8, 4) is 0 Å². The number of amides is 13. The Balaban J connectivity index is 3.18. The van der Waals surface area contributed by atoms with Crippen LogP contribution in [0.4, 0.5) is 0 Å². The third-order valence-corrected chi connectivity index (χ3v) is 17.2. The molecule has 13 amide bonds. The predicted molar refractivity (Wildman–Crippen MR) is 391 cm³/mol. The van der Waals surface area contributed by atoms with Crippen molar-refractivity contribution in [1.29, 1.82) is 0 Å². The lowest BCUT2D eigenvalue weighted by Crippen LogP contribution is -2.61. The number of nitrogens with zero attached hydrogens (tertiary/aromatic N) is 3. The second kappa shape index (κ2) is 47.4. The maximum atomic E-state index is 14.3. The maximum absolute atomic E-state index is 14.3. The number of hydrogen-bond acceptors (Lipinski definition) is 19. The van der Waals surface area contributed by atoms with E-state index in [0.29, 0.717) is 38.5 Å². The molecule has 1 rings (SSSR count). The number of rotatable bonds is 48. The number of nitrogens with one attached hydrogen (secondary N) is 12. The summed E-state index contributed by atoms with van der Waals surface area (Å²) in [4.78, 5) is 200. The minimum absolute atomic E-state index is 0.0277. The minimum atomic E-state index is -1.31. The van der Waals surface area contributed by atoms with Crippen LogP contribution in [0, 0.1) is 29.6 Å². The molecule has 1 aliphatic rings. The molecule has 27 N–H and O–H groups in total. The van der Waals surface area contributed by atoms with Crippen LogP contribution in [0.25, 0.3) is 0 Å². The summed E-state index contributed by atoms with van der Waals surface area (Å²) in [5.41, 5.74) is 39.4. The molecule has 0 bridgehead atoms. The lowest BCUT2D eigenvalue weighted by Gasteiger charge is -2.33. The second-order valence-electron chi connectivity index (χ2n) is 28.3. The summed E-state index contributed by atoms with van der Waals surface area (Å²) in [5.74, 6) is -13.5. The van der Waals surface area contributed by atoms with Gasteiger partial charge < -0.3 is 114 Å². The van der Waals surface area contributed by atoms with Gasteiger partial charge in [0.25, 0.3) is 0 Å². The smallest absolute Gasteiger partial charge is 0.326 e. The summed E-state index contributed by atoms with van der Waals surface area (Å²) in [6.45, 7) is 23.2. The summed E-state index contributed by atoms with van der Waals surface area (Å²) in [6.07, 6.45) is 3.32. The first-order valence-corrected chi connectivity index (χ1v) is 36.0. The molecule has 592 valence electrons. The van der Waals surface area contributed by atoms with Crippen molar-refractivity contribution in [1.82, 2.24) is 68.7 Å². The molecule has 37 nitrogen and oxygen atoms in total. The molecule has 14 atom stereocenters. The number of carbonyl (C=O) groups is 14. The van der Waals surface area contributed by atoms with E-state index in [1.54, 1.807) is 69.2 Å². The van der Waals surface area contributed by atoms with Gasteiger partial charge in [-0.2, -0.15) is 0 Å². The largest absolute Gasteiger partial charge is 0.480 e.